The van der Waals surface area contributed by atoms with Crippen LogP contribution < -0.4 is 30.9 Å². The topological polar surface area (TPSA) is 152 Å². The zero-order valence-electron chi connectivity index (χ0n) is 37.5. The molecule has 4 aliphatic rings. The van der Waals surface area contributed by atoms with Gasteiger partial charge >= 0.3 is 0 Å². The van der Waals surface area contributed by atoms with E-state index in [2.05, 4.69) is 77.0 Å². The molecule has 0 radical (unpaired) electrons. The number of rotatable bonds is 14. The third-order valence-corrected chi connectivity index (χ3v) is 16.0. The Kier molecular flexibility index (Phi) is 13.7. The fourth-order valence-electron chi connectivity index (χ4n) is 9.42. The molecule has 5 heterocycles. The van der Waals surface area contributed by atoms with Crippen molar-refractivity contribution in [3.8, 4) is 5.75 Å². The number of fused-ring (bicyclic) bond motifs is 1. The van der Waals surface area contributed by atoms with Gasteiger partial charge < -0.3 is 29.7 Å². The summed E-state index contributed by atoms with van der Waals surface area (Å²) in [4.78, 5) is 56.9. The summed E-state index contributed by atoms with van der Waals surface area (Å²) in [6.07, 6.45) is 4.35. The molecule has 1 unspecified atom stereocenters. The summed E-state index contributed by atoms with van der Waals surface area (Å²) >= 11 is 8.21. The molecule has 14 nitrogen and oxygen atoms in total. The lowest BCUT2D eigenvalue weighted by molar-refractivity contribution is -0.136. The van der Waals surface area contributed by atoms with Crippen molar-refractivity contribution in [1.82, 2.24) is 30.0 Å². The molecule has 3 amide bonds. The van der Waals surface area contributed by atoms with Crippen LogP contribution in [-0.2, 0) is 33.0 Å². The Bertz CT molecular complexity index is 2670. The number of aromatic nitrogens is 2. The predicted octanol–water partition coefficient (Wildman–Crippen LogP) is 7.71. The van der Waals surface area contributed by atoms with Crippen molar-refractivity contribution in [1.29, 1.82) is 0 Å². The Morgan fingerprint density at radius 3 is 2.36 bits per heavy atom. The lowest BCUT2D eigenvalue weighted by Gasteiger charge is -2.43. The number of benzene rings is 4. The fraction of sp³-hybridized carbons (Fsp3) is 0.367. The van der Waals surface area contributed by atoms with Gasteiger partial charge in [0.05, 0.1) is 24.7 Å². The molecule has 1 atom stereocenters. The molecule has 4 aromatic carbocycles. The molecular formula is C49H55ClN9O5PS. The number of nitrogens with one attached hydrogen (secondary N) is 3. The van der Waals surface area contributed by atoms with E-state index in [9.17, 15) is 18.9 Å². The van der Waals surface area contributed by atoms with Crippen molar-refractivity contribution in [2.45, 2.75) is 61.5 Å². The Labute approximate surface area is 395 Å². The number of thioether (sulfide) groups is 1. The highest BCUT2D eigenvalue weighted by atomic mass is 35.5. The number of carbonyl (C=O) groups is 3. The minimum atomic E-state index is -2.55. The number of hydrogen-bond donors (Lipinski definition) is 3. The van der Waals surface area contributed by atoms with E-state index in [0.717, 1.165) is 91.5 Å². The largest absolute Gasteiger partial charge is 0.494 e. The maximum absolute atomic E-state index is 13.3. The summed E-state index contributed by atoms with van der Waals surface area (Å²) in [7, 11) is -0.885. The van der Waals surface area contributed by atoms with E-state index in [1.165, 1.54) is 17.3 Å². The predicted molar refractivity (Wildman–Crippen MR) is 263 cm³/mol. The second kappa shape index (κ2) is 19.8. The summed E-state index contributed by atoms with van der Waals surface area (Å²) in [6, 6.07) is 28.3. The van der Waals surface area contributed by atoms with Gasteiger partial charge in [0.1, 0.15) is 24.0 Å². The molecule has 0 saturated carbocycles. The number of carbonyl (C=O) groups excluding carboxylic acids is 3. The molecule has 5 aromatic rings. The van der Waals surface area contributed by atoms with Crippen molar-refractivity contribution in [3.63, 3.8) is 0 Å². The highest BCUT2D eigenvalue weighted by Gasteiger charge is 2.40. The average Bonchev–Trinajstić information content (AvgIpc) is 3.66. The van der Waals surface area contributed by atoms with Gasteiger partial charge in [0.25, 0.3) is 5.91 Å². The monoisotopic (exact) mass is 947 g/mol. The normalized spacial score (nSPS) is 18.6. The van der Waals surface area contributed by atoms with Gasteiger partial charge in [-0.1, -0.05) is 54.1 Å². The maximum atomic E-state index is 13.3. The molecule has 9 rings (SSSR count). The van der Waals surface area contributed by atoms with E-state index in [-0.39, 0.29) is 24.1 Å². The van der Waals surface area contributed by atoms with Crippen LogP contribution >= 0.6 is 30.5 Å². The number of hydrogen-bond acceptors (Lipinski definition) is 13. The highest BCUT2D eigenvalue weighted by Crippen LogP contribution is 2.40. The SMILES string of the molecule is COc1cc(N2CCC(N3CCN(Cc4ccc(CSc5cccc6c5CN(C5CCC(=O)NC5=O)C6=O)cc4)CC3)CC2)ccc1Nc1ncc(Cl)c(Nc2ccccc2P(C)(C)=O)n1. The Morgan fingerprint density at radius 2 is 1.62 bits per heavy atom. The van der Waals surface area contributed by atoms with Gasteiger partial charge in [-0.25, -0.2) is 4.98 Å². The van der Waals surface area contributed by atoms with E-state index in [4.69, 9.17) is 16.3 Å². The molecule has 3 fully saturated rings. The number of amides is 3. The van der Waals surface area contributed by atoms with Crippen molar-refractivity contribution >= 4 is 82.4 Å². The zero-order valence-corrected chi connectivity index (χ0v) is 39.9. The van der Waals surface area contributed by atoms with E-state index in [1.807, 2.05) is 48.5 Å². The lowest BCUT2D eigenvalue weighted by Crippen LogP contribution is -2.53. The number of methoxy groups -OCH3 is 1. The second-order valence-electron chi connectivity index (χ2n) is 17.7. The zero-order chi connectivity index (χ0) is 46.0. The molecule has 4 aliphatic heterocycles. The molecule has 0 spiro atoms. The summed E-state index contributed by atoms with van der Waals surface area (Å²) in [5.74, 6) is 1.41. The maximum Gasteiger partial charge on any atom is 0.255 e. The molecule has 66 heavy (non-hydrogen) atoms. The standard InChI is InChI=1S/C49H55ClN9O5PS/c1-64-42-27-35(15-16-39(42)53-49-51-28-38(50)46(55-49)52-40-8-4-5-9-43(40)65(2,3)63)57-21-19-34(20-22-57)58-25-23-56(24-26-58)29-32-11-13-33(14-12-32)31-66-44-10-6-7-36-37(44)30-59(48(36)62)41-17-18-45(60)54-47(41)61/h4-16,27-28,34,41H,17-26,29-31H2,1-3H3,(H,54,60,61)(H2,51,52,53,55). The molecule has 344 valence electrons. The number of anilines is 5. The number of imide groups is 1. The summed E-state index contributed by atoms with van der Waals surface area (Å²) in [6.45, 7) is 10.9. The second-order valence-corrected chi connectivity index (χ2v) is 22.3. The first-order valence-electron chi connectivity index (χ1n) is 22.5. The van der Waals surface area contributed by atoms with Crippen LogP contribution in [0.2, 0.25) is 5.02 Å². The quantitative estimate of drug-likeness (QED) is 0.0567. The van der Waals surface area contributed by atoms with Gasteiger partial charge in [-0.2, -0.15) is 4.98 Å². The number of para-hydroxylation sites is 1. The molecule has 3 saturated heterocycles. The van der Waals surface area contributed by atoms with Crippen LogP contribution in [0.1, 0.15) is 52.7 Å². The number of piperidine rings is 2. The van der Waals surface area contributed by atoms with Crippen molar-refractivity contribution in [2.75, 3.05) is 75.2 Å². The van der Waals surface area contributed by atoms with Crippen LogP contribution in [0.15, 0.2) is 96.0 Å². The molecule has 17 heteroatoms. The van der Waals surface area contributed by atoms with E-state index in [0.29, 0.717) is 52.8 Å². The van der Waals surface area contributed by atoms with Gasteiger partial charge in [-0.3, -0.25) is 29.5 Å². The highest BCUT2D eigenvalue weighted by molar-refractivity contribution is 7.98. The first kappa shape index (κ1) is 45.7. The number of nitrogens with zero attached hydrogens (tertiary/aromatic N) is 6. The first-order chi connectivity index (χ1) is 31.9. The van der Waals surface area contributed by atoms with Gasteiger partial charge in [0.15, 0.2) is 5.82 Å². The summed E-state index contributed by atoms with van der Waals surface area (Å²) in [5, 5.41) is 10.0. The minimum absolute atomic E-state index is 0.143. The summed E-state index contributed by atoms with van der Waals surface area (Å²) in [5.41, 5.74) is 6.67. The van der Waals surface area contributed by atoms with Crippen LogP contribution in [-0.4, -0.2) is 114 Å². The van der Waals surface area contributed by atoms with Crippen LogP contribution in [0.4, 0.5) is 28.8 Å². The number of ether oxygens (including phenoxy) is 1. The van der Waals surface area contributed by atoms with Gasteiger partial charge in [-0.15, -0.1) is 11.8 Å². The van der Waals surface area contributed by atoms with Crippen molar-refractivity contribution in [2.24, 2.45) is 0 Å². The summed E-state index contributed by atoms with van der Waals surface area (Å²) < 4.78 is 18.8. The Balaban J connectivity index is 0.727. The van der Waals surface area contributed by atoms with Gasteiger partial charge in [-0.05, 0) is 85.7 Å². The minimum Gasteiger partial charge on any atom is -0.494 e. The smallest absolute Gasteiger partial charge is 0.255 e. The third-order valence-electron chi connectivity index (χ3n) is 13.0. The number of piperazine rings is 1. The first-order valence-corrected chi connectivity index (χ1v) is 26.4. The van der Waals surface area contributed by atoms with Crippen LogP contribution in [0.5, 0.6) is 5.75 Å². The molecule has 0 bridgehead atoms. The third kappa shape index (κ3) is 10.3. The van der Waals surface area contributed by atoms with E-state index in [1.54, 1.807) is 37.1 Å². The van der Waals surface area contributed by atoms with Crippen LogP contribution in [0, 0.1) is 0 Å². The van der Waals surface area contributed by atoms with Gasteiger partial charge in [0.2, 0.25) is 17.8 Å². The Morgan fingerprint density at radius 1 is 0.864 bits per heavy atom. The van der Waals surface area contributed by atoms with E-state index < -0.39 is 13.2 Å². The fourth-order valence-corrected chi connectivity index (χ4v) is 11.8. The molecule has 1 aromatic heterocycles. The number of halogens is 1. The van der Waals surface area contributed by atoms with E-state index >= 15 is 0 Å². The average molecular weight is 949 g/mol. The van der Waals surface area contributed by atoms with Crippen molar-refractivity contribution < 1.29 is 23.7 Å². The Hall–Kier alpha value is -5.44. The lowest BCUT2D eigenvalue weighted by atomic mass is 10.0. The van der Waals surface area contributed by atoms with Gasteiger partial charge in [0, 0.05) is 98.1 Å². The molecule has 3 N–H and O–H groups in total. The molecule has 0 aliphatic carbocycles. The van der Waals surface area contributed by atoms with Crippen molar-refractivity contribution in [3.05, 3.63) is 118 Å². The van der Waals surface area contributed by atoms with Crippen LogP contribution in [0.25, 0.3) is 0 Å². The van der Waals surface area contributed by atoms with Crippen LogP contribution in [0.3, 0.4) is 0 Å². The molecular weight excluding hydrogens is 893 g/mol.